The first-order valence-electron chi connectivity index (χ1n) is 7.89. The van der Waals surface area contributed by atoms with Crippen LogP contribution in [0.25, 0.3) is 0 Å². The molecule has 0 aliphatic carbocycles. The summed E-state index contributed by atoms with van der Waals surface area (Å²) >= 11 is 0.987. The number of halogens is 3. The Bertz CT molecular complexity index is 747. The summed E-state index contributed by atoms with van der Waals surface area (Å²) in [6.45, 7) is 6.63. The molecule has 0 aliphatic heterocycles. The minimum Gasteiger partial charge on any atom is -0.356 e. The lowest BCUT2D eigenvalue weighted by Gasteiger charge is -2.11. The highest BCUT2D eigenvalue weighted by atomic mass is 32.1. The molecule has 0 spiro atoms. The van der Waals surface area contributed by atoms with Crippen LogP contribution in [0.4, 0.5) is 13.2 Å². The molecule has 0 saturated carbocycles. The molecule has 0 radical (unpaired) electrons. The van der Waals surface area contributed by atoms with Crippen LogP contribution in [0.1, 0.15) is 43.2 Å². The van der Waals surface area contributed by atoms with E-state index in [2.05, 4.69) is 30.8 Å². The molecule has 0 amide bonds. The van der Waals surface area contributed by atoms with Crippen molar-refractivity contribution in [3.8, 4) is 0 Å². The Balaban J connectivity index is 1.79. The Labute approximate surface area is 153 Å². The number of nitrogens with one attached hydrogen (secondary N) is 2. The van der Waals surface area contributed by atoms with Gasteiger partial charge in [0.2, 0.25) is 5.89 Å². The van der Waals surface area contributed by atoms with E-state index in [1.165, 1.54) is 0 Å². The maximum Gasteiger partial charge on any atom is 0.434 e. The second kappa shape index (κ2) is 8.02. The van der Waals surface area contributed by atoms with Gasteiger partial charge >= 0.3 is 6.18 Å². The highest BCUT2D eigenvalue weighted by molar-refractivity contribution is 7.09. The molecule has 0 bridgehead atoms. The molecule has 144 valence electrons. The molecule has 2 N–H and O–H groups in total. The minimum absolute atomic E-state index is 0.228. The molecule has 7 nitrogen and oxygen atoms in total. The third-order valence-electron chi connectivity index (χ3n) is 3.22. The van der Waals surface area contributed by atoms with E-state index in [0.717, 1.165) is 16.7 Å². The van der Waals surface area contributed by atoms with Gasteiger partial charge in [0.1, 0.15) is 0 Å². The van der Waals surface area contributed by atoms with Gasteiger partial charge in [-0.1, -0.05) is 25.9 Å². The lowest BCUT2D eigenvalue weighted by molar-refractivity contribution is -0.140. The SMILES string of the molecule is CN=C(NCCc1nc(C(F)(F)F)cs1)NCc1noc(C(C)(C)C)n1. The van der Waals surface area contributed by atoms with Gasteiger partial charge in [-0.2, -0.15) is 18.2 Å². The van der Waals surface area contributed by atoms with E-state index in [9.17, 15) is 13.2 Å². The average molecular weight is 390 g/mol. The molecule has 2 rings (SSSR count). The van der Waals surface area contributed by atoms with E-state index in [-0.39, 0.29) is 5.41 Å². The van der Waals surface area contributed by atoms with Crippen molar-refractivity contribution in [1.82, 2.24) is 25.8 Å². The summed E-state index contributed by atoms with van der Waals surface area (Å²) in [5.74, 6) is 1.52. The minimum atomic E-state index is -4.41. The molecule has 0 atom stereocenters. The lowest BCUT2D eigenvalue weighted by atomic mass is 9.97. The Morgan fingerprint density at radius 1 is 1.23 bits per heavy atom. The van der Waals surface area contributed by atoms with Gasteiger partial charge in [0.15, 0.2) is 17.5 Å². The molecule has 0 aromatic carbocycles. The first-order valence-corrected chi connectivity index (χ1v) is 8.76. The fraction of sp³-hybridized carbons (Fsp3) is 0.600. The smallest absolute Gasteiger partial charge is 0.356 e. The standard InChI is InChI=1S/C15H21F3N6OS/c1-14(2,3)12-23-10(24-25-12)7-21-13(19-4)20-6-5-11-22-9(8-26-11)15(16,17)18/h8H,5-7H2,1-4H3,(H2,19,20,21). The summed E-state index contributed by atoms with van der Waals surface area (Å²) in [6, 6.07) is 0. The fourth-order valence-corrected chi connectivity index (χ4v) is 2.66. The number of hydrogen-bond donors (Lipinski definition) is 2. The van der Waals surface area contributed by atoms with E-state index in [0.29, 0.717) is 42.2 Å². The number of aliphatic imine (C=N–C) groups is 1. The Morgan fingerprint density at radius 3 is 2.50 bits per heavy atom. The lowest BCUT2D eigenvalue weighted by Crippen LogP contribution is -2.38. The van der Waals surface area contributed by atoms with Crippen LogP contribution >= 0.6 is 11.3 Å². The van der Waals surface area contributed by atoms with Crippen molar-refractivity contribution in [3.05, 3.63) is 27.8 Å². The number of alkyl halides is 3. The topological polar surface area (TPSA) is 88.2 Å². The normalized spacial score (nSPS) is 13.1. The van der Waals surface area contributed by atoms with Crippen molar-refractivity contribution < 1.29 is 17.7 Å². The van der Waals surface area contributed by atoms with Crippen molar-refractivity contribution in [2.45, 2.75) is 45.3 Å². The monoisotopic (exact) mass is 390 g/mol. The van der Waals surface area contributed by atoms with Gasteiger partial charge in [0.25, 0.3) is 0 Å². The summed E-state index contributed by atoms with van der Waals surface area (Å²) in [5.41, 5.74) is -1.08. The van der Waals surface area contributed by atoms with Crippen LogP contribution in [0.15, 0.2) is 14.9 Å². The predicted molar refractivity (Wildman–Crippen MR) is 92.0 cm³/mol. The third-order valence-corrected chi connectivity index (χ3v) is 4.13. The first-order chi connectivity index (χ1) is 12.1. The zero-order valence-corrected chi connectivity index (χ0v) is 15.8. The summed E-state index contributed by atoms with van der Waals surface area (Å²) in [7, 11) is 1.59. The van der Waals surface area contributed by atoms with Crippen molar-refractivity contribution in [3.63, 3.8) is 0 Å². The molecule has 2 aromatic rings. The molecule has 0 unspecified atom stereocenters. The number of hydrogen-bond acceptors (Lipinski definition) is 6. The van der Waals surface area contributed by atoms with Crippen LogP contribution in [0.5, 0.6) is 0 Å². The molecule has 0 aliphatic rings. The number of rotatable bonds is 5. The summed E-state index contributed by atoms with van der Waals surface area (Å²) in [4.78, 5) is 11.9. The molecule has 0 saturated heterocycles. The van der Waals surface area contributed by atoms with E-state index in [1.54, 1.807) is 7.05 Å². The molecular weight excluding hydrogens is 369 g/mol. The van der Waals surface area contributed by atoms with Gasteiger partial charge in [0.05, 0.1) is 11.6 Å². The number of aromatic nitrogens is 3. The molecule has 2 heterocycles. The quantitative estimate of drug-likeness (QED) is 0.603. The average Bonchev–Trinajstić information content (AvgIpc) is 3.18. The highest BCUT2D eigenvalue weighted by Crippen LogP contribution is 2.30. The molecule has 26 heavy (non-hydrogen) atoms. The first kappa shape index (κ1) is 20.1. The van der Waals surface area contributed by atoms with Crippen molar-refractivity contribution in [1.29, 1.82) is 0 Å². The van der Waals surface area contributed by atoms with Gasteiger partial charge in [-0.15, -0.1) is 11.3 Å². The molecule has 2 aromatic heterocycles. The van der Waals surface area contributed by atoms with Crippen LogP contribution in [0.2, 0.25) is 0 Å². The second-order valence-corrected chi connectivity index (χ2v) is 7.44. The van der Waals surface area contributed by atoms with E-state index in [1.807, 2.05) is 20.8 Å². The molecule has 0 fully saturated rings. The molecular formula is C15H21F3N6OS. The summed E-state index contributed by atoms with van der Waals surface area (Å²) in [6.07, 6.45) is -4.05. The van der Waals surface area contributed by atoms with Gasteiger partial charge < -0.3 is 15.2 Å². The third kappa shape index (κ3) is 5.68. The second-order valence-electron chi connectivity index (χ2n) is 6.49. The largest absolute Gasteiger partial charge is 0.434 e. The van der Waals surface area contributed by atoms with Crippen LogP contribution in [-0.2, 0) is 24.6 Å². The van der Waals surface area contributed by atoms with Gasteiger partial charge in [-0.3, -0.25) is 4.99 Å². The van der Waals surface area contributed by atoms with E-state index in [4.69, 9.17) is 4.52 Å². The van der Waals surface area contributed by atoms with Gasteiger partial charge in [-0.05, 0) is 0 Å². The van der Waals surface area contributed by atoms with Crippen molar-refractivity contribution >= 4 is 17.3 Å². The van der Waals surface area contributed by atoms with Crippen LogP contribution < -0.4 is 10.6 Å². The number of thiazole rings is 1. The number of nitrogens with zero attached hydrogens (tertiary/aromatic N) is 4. The van der Waals surface area contributed by atoms with Crippen LogP contribution in [0.3, 0.4) is 0 Å². The van der Waals surface area contributed by atoms with Crippen LogP contribution in [0, 0.1) is 0 Å². The maximum absolute atomic E-state index is 12.5. The summed E-state index contributed by atoms with van der Waals surface area (Å²) < 4.78 is 42.8. The predicted octanol–water partition coefficient (Wildman–Crippen LogP) is 2.75. The van der Waals surface area contributed by atoms with Gasteiger partial charge in [0, 0.05) is 30.8 Å². The van der Waals surface area contributed by atoms with Crippen molar-refractivity contribution in [2.24, 2.45) is 4.99 Å². The Hall–Kier alpha value is -2.17. The van der Waals surface area contributed by atoms with Crippen LogP contribution in [-0.4, -0.2) is 34.7 Å². The zero-order valence-electron chi connectivity index (χ0n) is 14.9. The van der Waals surface area contributed by atoms with E-state index >= 15 is 0 Å². The van der Waals surface area contributed by atoms with Gasteiger partial charge in [-0.25, -0.2) is 4.98 Å². The fourth-order valence-electron chi connectivity index (χ4n) is 1.86. The van der Waals surface area contributed by atoms with Crippen molar-refractivity contribution in [2.75, 3.05) is 13.6 Å². The summed E-state index contributed by atoms with van der Waals surface area (Å²) in [5, 5.41) is 11.4. The number of guanidine groups is 1. The maximum atomic E-state index is 12.5. The highest BCUT2D eigenvalue weighted by Gasteiger charge is 2.33. The Kier molecular flexibility index (Phi) is 6.21. The molecule has 11 heteroatoms. The Morgan fingerprint density at radius 2 is 1.96 bits per heavy atom. The van der Waals surface area contributed by atoms with E-state index < -0.39 is 11.9 Å². The zero-order chi connectivity index (χ0) is 19.4.